The quantitative estimate of drug-likeness (QED) is 0.609. The predicted molar refractivity (Wildman–Crippen MR) is 53.7 cm³/mol. The van der Waals surface area contributed by atoms with Crippen molar-refractivity contribution in [3.8, 4) is 0 Å². The average molecular weight is 259 g/mol. The third kappa shape index (κ3) is 1.18. The summed E-state index contributed by atoms with van der Waals surface area (Å²) in [5.41, 5.74) is 2.17. The first-order chi connectivity index (χ1) is 5.40. The summed E-state index contributed by atoms with van der Waals surface area (Å²) in [6, 6.07) is 6.06. The van der Waals surface area contributed by atoms with Crippen LogP contribution in [0.1, 0.15) is 0 Å². The molecule has 1 aromatic heterocycles. The van der Waals surface area contributed by atoms with E-state index in [0.717, 1.165) is 16.6 Å². The normalized spacial score (nSPS) is 10.3. The molecule has 2 rings (SSSR count). The van der Waals surface area contributed by atoms with Crippen molar-refractivity contribution in [3.63, 3.8) is 0 Å². The molecule has 4 heteroatoms. The number of aromatic nitrogens is 2. The maximum Gasteiger partial charge on any atom is 0.0651 e. The Kier molecular flexibility index (Phi) is 1.69. The minimum absolute atomic E-state index is 1.07. The summed E-state index contributed by atoms with van der Waals surface area (Å²) < 4.78 is 3.04. The Morgan fingerprint density at radius 1 is 1.45 bits per heavy atom. The summed E-state index contributed by atoms with van der Waals surface area (Å²) in [6.07, 6.45) is 1.81. The highest BCUT2D eigenvalue weighted by Gasteiger charge is 1.94. The average Bonchev–Trinajstić information content (AvgIpc) is 2.50. The van der Waals surface area contributed by atoms with Crippen molar-refractivity contribution in [1.82, 2.24) is 10.2 Å². The SMILES string of the molecule is INc1ccc2[nH]ncc2c1. The summed E-state index contributed by atoms with van der Waals surface area (Å²) in [7, 11) is 0. The Labute approximate surface area is 77.7 Å². The fraction of sp³-hybridized carbons (Fsp3) is 0. The van der Waals surface area contributed by atoms with Crippen molar-refractivity contribution in [2.45, 2.75) is 0 Å². The van der Waals surface area contributed by atoms with E-state index < -0.39 is 0 Å². The molecule has 0 amide bonds. The third-order valence-electron chi connectivity index (χ3n) is 1.55. The van der Waals surface area contributed by atoms with E-state index in [1.165, 1.54) is 0 Å². The van der Waals surface area contributed by atoms with E-state index >= 15 is 0 Å². The number of hydrogen-bond acceptors (Lipinski definition) is 2. The molecular formula is C7H6IN3. The molecular weight excluding hydrogens is 253 g/mol. The fourth-order valence-corrected chi connectivity index (χ4v) is 1.34. The van der Waals surface area contributed by atoms with Gasteiger partial charge < -0.3 is 3.53 Å². The zero-order chi connectivity index (χ0) is 7.68. The molecule has 0 saturated carbocycles. The second kappa shape index (κ2) is 2.69. The van der Waals surface area contributed by atoms with Gasteiger partial charge in [-0.1, -0.05) is 0 Å². The monoisotopic (exact) mass is 259 g/mol. The lowest BCUT2D eigenvalue weighted by Gasteiger charge is -1.95. The first kappa shape index (κ1) is 6.90. The van der Waals surface area contributed by atoms with Crippen LogP contribution in [0, 0.1) is 0 Å². The standard InChI is InChI=1S/C7H6IN3/c8-10-6-1-2-7-5(3-6)4-9-11-7/h1-4,10H,(H,9,11). The Morgan fingerprint density at radius 3 is 3.18 bits per heavy atom. The molecule has 0 aliphatic rings. The molecule has 0 atom stereocenters. The highest BCUT2D eigenvalue weighted by Crippen LogP contribution is 2.17. The molecule has 0 spiro atoms. The van der Waals surface area contributed by atoms with E-state index in [4.69, 9.17) is 0 Å². The third-order valence-corrected chi connectivity index (χ3v) is 2.17. The van der Waals surface area contributed by atoms with Gasteiger partial charge in [0.1, 0.15) is 0 Å². The van der Waals surface area contributed by atoms with Gasteiger partial charge in [-0.15, -0.1) is 0 Å². The van der Waals surface area contributed by atoms with E-state index in [9.17, 15) is 0 Å². The smallest absolute Gasteiger partial charge is 0.0651 e. The van der Waals surface area contributed by atoms with Gasteiger partial charge in [0, 0.05) is 11.1 Å². The fourth-order valence-electron chi connectivity index (χ4n) is 1.00. The molecule has 1 aromatic carbocycles. The molecule has 0 fully saturated rings. The zero-order valence-electron chi connectivity index (χ0n) is 5.63. The molecule has 1 heterocycles. The van der Waals surface area contributed by atoms with Crippen molar-refractivity contribution in [1.29, 1.82) is 0 Å². The van der Waals surface area contributed by atoms with E-state index in [1.54, 1.807) is 0 Å². The highest BCUT2D eigenvalue weighted by atomic mass is 127. The summed E-state index contributed by atoms with van der Waals surface area (Å²) in [5.74, 6) is 0. The highest BCUT2D eigenvalue weighted by molar-refractivity contribution is 14.1. The van der Waals surface area contributed by atoms with Gasteiger partial charge in [-0.25, -0.2) is 0 Å². The van der Waals surface area contributed by atoms with Crippen LogP contribution in [0.15, 0.2) is 24.4 Å². The number of rotatable bonds is 1. The number of nitrogens with zero attached hydrogens (tertiary/aromatic N) is 1. The molecule has 0 aliphatic carbocycles. The van der Waals surface area contributed by atoms with Crippen molar-refractivity contribution in [2.24, 2.45) is 0 Å². The van der Waals surface area contributed by atoms with Gasteiger partial charge in [0.2, 0.25) is 0 Å². The Balaban J connectivity index is 2.67. The van der Waals surface area contributed by atoms with Crippen molar-refractivity contribution in [3.05, 3.63) is 24.4 Å². The zero-order valence-corrected chi connectivity index (χ0v) is 7.79. The van der Waals surface area contributed by atoms with E-state index in [2.05, 4.69) is 36.6 Å². The largest absolute Gasteiger partial charge is 0.328 e. The van der Waals surface area contributed by atoms with Gasteiger partial charge in [-0.3, -0.25) is 5.10 Å². The first-order valence-corrected chi connectivity index (χ1v) is 4.28. The van der Waals surface area contributed by atoms with Crippen molar-refractivity contribution in [2.75, 3.05) is 3.53 Å². The van der Waals surface area contributed by atoms with Crippen LogP contribution < -0.4 is 3.53 Å². The number of nitrogens with one attached hydrogen (secondary N) is 2. The Morgan fingerprint density at radius 2 is 2.36 bits per heavy atom. The molecule has 0 unspecified atom stereocenters. The van der Waals surface area contributed by atoms with E-state index in [1.807, 2.05) is 24.4 Å². The lowest BCUT2D eigenvalue weighted by atomic mass is 10.2. The summed E-state index contributed by atoms with van der Waals surface area (Å²) in [4.78, 5) is 0. The number of anilines is 1. The Bertz CT molecular complexity index is 368. The van der Waals surface area contributed by atoms with Gasteiger partial charge in [0.05, 0.1) is 34.6 Å². The summed E-state index contributed by atoms with van der Waals surface area (Å²) in [5, 5.41) is 7.94. The van der Waals surface area contributed by atoms with Gasteiger partial charge in [-0.05, 0) is 18.2 Å². The summed E-state index contributed by atoms with van der Waals surface area (Å²) >= 11 is 2.10. The Hall–Kier alpha value is -0.780. The number of H-pyrrole nitrogens is 1. The van der Waals surface area contributed by atoms with Crippen LogP contribution in [0.2, 0.25) is 0 Å². The van der Waals surface area contributed by atoms with Crippen LogP contribution in [0.3, 0.4) is 0 Å². The lowest BCUT2D eigenvalue weighted by Crippen LogP contribution is -1.77. The molecule has 3 nitrogen and oxygen atoms in total. The molecule has 56 valence electrons. The van der Waals surface area contributed by atoms with Crippen LogP contribution in [0.4, 0.5) is 5.69 Å². The molecule has 0 saturated heterocycles. The van der Waals surface area contributed by atoms with Crippen molar-refractivity contribution < 1.29 is 0 Å². The van der Waals surface area contributed by atoms with Crippen LogP contribution in [-0.4, -0.2) is 10.2 Å². The number of hydrogen-bond donors (Lipinski definition) is 2. The molecule has 2 aromatic rings. The topological polar surface area (TPSA) is 40.7 Å². The maximum atomic E-state index is 3.92. The molecule has 0 aliphatic heterocycles. The van der Waals surface area contributed by atoms with E-state index in [-0.39, 0.29) is 0 Å². The van der Waals surface area contributed by atoms with Gasteiger partial charge in [-0.2, -0.15) is 5.10 Å². The van der Waals surface area contributed by atoms with Gasteiger partial charge >= 0.3 is 0 Å². The molecule has 11 heavy (non-hydrogen) atoms. The van der Waals surface area contributed by atoms with Crippen LogP contribution >= 0.6 is 22.9 Å². The minimum Gasteiger partial charge on any atom is -0.328 e. The predicted octanol–water partition coefficient (Wildman–Crippen LogP) is 2.32. The first-order valence-electron chi connectivity index (χ1n) is 3.20. The minimum atomic E-state index is 1.07. The molecule has 0 bridgehead atoms. The lowest BCUT2D eigenvalue weighted by molar-refractivity contribution is 1.12. The maximum absolute atomic E-state index is 3.92. The molecule has 0 radical (unpaired) electrons. The van der Waals surface area contributed by atoms with Gasteiger partial charge in [0.15, 0.2) is 0 Å². The van der Waals surface area contributed by atoms with Crippen LogP contribution in [-0.2, 0) is 0 Å². The van der Waals surface area contributed by atoms with Crippen molar-refractivity contribution >= 4 is 39.5 Å². The number of fused-ring (bicyclic) bond motifs is 1. The number of halogens is 1. The second-order valence-electron chi connectivity index (χ2n) is 2.27. The van der Waals surface area contributed by atoms with E-state index in [0.29, 0.717) is 0 Å². The number of benzene rings is 1. The number of aromatic amines is 1. The second-order valence-corrected chi connectivity index (χ2v) is 2.81. The van der Waals surface area contributed by atoms with Crippen LogP contribution in [0.25, 0.3) is 10.9 Å². The van der Waals surface area contributed by atoms with Gasteiger partial charge in [0.25, 0.3) is 0 Å². The summed E-state index contributed by atoms with van der Waals surface area (Å²) in [6.45, 7) is 0. The van der Waals surface area contributed by atoms with Crippen LogP contribution in [0.5, 0.6) is 0 Å². The molecule has 2 N–H and O–H groups in total.